The van der Waals surface area contributed by atoms with E-state index in [1.807, 2.05) is 13.1 Å². The third-order valence-corrected chi connectivity index (χ3v) is 3.78. The van der Waals surface area contributed by atoms with E-state index in [0.717, 1.165) is 16.3 Å². The molecule has 96 valence electrons. The normalized spacial score (nSPS) is 12.9. The molecule has 18 heavy (non-hydrogen) atoms. The number of hydrogen-bond donors (Lipinski definition) is 1. The van der Waals surface area contributed by atoms with Crippen molar-refractivity contribution in [1.29, 1.82) is 0 Å². The summed E-state index contributed by atoms with van der Waals surface area (Å²) in [5.74, 6) is 0.202. The predicted molar refractivity (Wildman–Crippen MR) is 73.5 cm³/mol. The van der Waals surface area contributed by atoms with Gasteiger partial charge in [-0.3, -0.25) is 0 Å². The molecule has 0 aliphatic carbocycles. The molecule has 4 heteroatoms. The Kier molecular flexibility index (Phi) is 4.09. The fraction of sp³-hybridized carbons (Fsp3) is 0.357. The Morgan fingerprint density at radius 1 is 1.33 bits per heavy atom. The van der Waals surface area contributed by atoms with Gasteiger partial charge in [0.05, 0.1) is 11.7 Å². The van der Waals surface area contributed by atoms with Crippen molar-refractivity contribution in [3.63, 3.8) is 0 Å². The fourth-order valence-corrected chi connectivity index (χ4v) is 2.93. The number of thiazole rings is 1. The summed E-state index contributed by atoms with van der Waals surface area (Å²) in [6.45, 7) is 4.24. The molecule has 0 radical (unpaired) electrons. The lowest BCUT2D eigenvalue weighted by Crippen LogP contribution is -2.17. The minimum absolute atomic E-state index is 0.0433. The molecule has 2 aromatic rings. The predicted octanol–water partition coefficient (Wildman–Crippen LogP) is 3.71. The van der Waals surface area contributed by atoms with Crippen LogP contribution in [-0.4, -0.2) is 12.0 Å². The highest BCUT2D eigenvalue weighted by atomic mass is 32.1. The molecule has 0 amide bonds. The molecule has 1 aromatic carbocycles. The van der Waals surface area contributed by atoms with Crippen LogP contribution < -0.4 is 5.32 Å². The zero-order valence-electron chi connectivity index (χ0n) is 10.8. The second kappa shape index (κ2) is 5.59. The lowest BCUT2D eigenvalue weighted by molar-refractivity contribution is 0.615. The van der Waals surface area contributed by atoms with Gasteiger partial charge in [0.15, 0.2) is 0 Å². The summed E-state index contributed by atoms with van der Waals surface area (Å²) >= 11 is 1.62. The van der Waals surface area contributed by atoms with Gasteiger partial charge in [-0.25, -0.2) is 9.37 Å². The van der Waals surface area contributed by atoms with E-state index in [1.165, 1.54) is 6.07 Å². The summed E-state index contributed by atoms with van der Waals surface area (Å²) in [5.41, 5.74) is 1.99. The molecule has 0 spiro atoms. The summed E-state index contributed by atoms with van der Waals surface area (Å²) < 4.78 is 13.3. The maximum Gasteiger partial charge on any atom is 0.123 e. The topological polar surface area (TPSA) is 24.9 Å². The van der Waals surface area contributed by atoms with Gasteiger partial charge in [-0.2, -0.15) is 0 Å². The molecular weight excluding hydrogens is 247 g/mol. The van der Waals surface area contributed by atoms with E-state index in [4.69, 9.17) is 0 Å². The van der Waals surface area contributed by atoms with E-state index in [9.17, 15) is 4.39 Å². The van der Waals surface area contributed by atoms with Gasteiger partial charge >= 0.3 is 0 Å². The molecule has 2 rings (SSSR count). The SMILES string of the molecule is CNC(c1cccc(F)c1)c1nc(C(C)C)cs1. The number of aromatic nitrogens is 1. The van der Waals surface area contributed by atoms with Crippen molar-refractivity contribution in [2.45, 2.75) is 25.8 Å². The van der Waals surface area contributed by atoms with Gasteiger partial charge in [0, 0.05) is 5.38 Å². The van der Waals surface area contributed by atoms with E-state index in [2.05, 4.69) is 29.5 Å². The quantitative estimate of drug-likeness (QED) is 0.910. The molecular formula is C14H17FN2S. The van der Waals surface area contributed by atoms with Crippen molar-refractivity contribution < 1.29 is 4.39 Å². The van der Waals surface area contributed by atoms with Crippen molar-refractivity contribution in [1.82, 2.24) is 10.3 Å². The lowest BCUT2D eigenvalue weighted by atomic mass is 10.1. The molecule has 0 fully saturated rings. The number of hydrogen-bond acceptors (Lipinski definition) is 3. The van der Waals surface area contributed by atoms with Crippen molar-refractivity contribution in [2.75, 3.05) is 7.05 Å². The molecule has 0 saturated heterocycles. The highest BCUT2D eigenvalue weighted by molar-refractivity contribution is 7.09. The van der Waals surface area contributed by atoms with Crippen LogP contribution >= 0.6 is 11.3 Å². The second-order valence-corrected chi connectivity index (χ2v) is 5.43. The van der Waals surface area contributed by atoms with Crippen molar-refractivity contribution >= 4 is 11.3 Å². The van der Waals surface area contributed by atoms with Gasteiger partial charge in [0.25, 0.3) is 0 Å². The smallest absolute Gasteiger partial charge is 0.123 e. The van der Waals surface area contributed by atoms with E-state index in [1.54, 1.807) is 23.5 Å². The fourth-order valence-electron chi connectivity index (χ4n) is 1.82. The van der Waals surface area contributed by atoms with Gasteiger partial charge in [-0.05, 0) is 30.7 Å². The zero-order valence-corrected chi connectivity index (χ0v) is 11.6. The van der Waals surface area contributed by atoms with Crippen LogP contribution in [0.25, 0.3) is 0 Å². The third kappa shape index (κ3) is 2.76. The molecule has 0 aliphatic rings. The van der Waals surface area contributed by atoms with E-state index >= 15 is 0 Å². The van der Waals surface area contributed by atoms with Crippen LogP contribution in [0.1, 0.15) is 42.1 Å². The van der Waals surface area contributed by atoms with Crippen LogP contribution in [0.4, 0.5) is 4.39 Å². The van der Waals surface area contributed by atoms with E-state index in [0.29, 0.717) is 5.92 Å². The Morgan fingerprint density at radius 3 is 2.67 bits per heavy atom. The first-order chi connectivity index (χ1) is 8.61. The first-order valence-corrected chi connectivity index (χ1v) is 6.88. The summed E-state index contributed by atoms with van der Waals surface area (Å²) in [6, 6.07) is 6.61. The molecule has 1 N–H and O–H groups in total. The van der Waals surface area contributed by atoms with Gasteiger partial charge in [0.1, 0.15) is 10.8 Å². The second-order valence-electron chi connectivity index (χ2n) is 4.54. The standard InChI is InChI=1S/C14H17FN2S/c1-9(2)12-8-18-14(17-12)13(16-3)10-5-4-6-11(15)7-10/h4-9,13,16H,1-3H3. The third-order valence-electron chi connectivity index (χ3n) is 2.85. The maximum absolute atomic E-state index is 13.3. The van der Waals surface area contributed by atoms with Crippen LogP contribution in [0.5, 0.6) is 0 Å². The molecule has 1 heterocycles. The summed E-state index contributed by atoms with van der Waals surface area (Å²) in [5, 5.41) is 6.25. The van der Waals surface area contributed by atoms with Gasteiger partial charge in [-0.1, -0.05) is 26.0 Å². The molecule has 0 saturated carbocycles. The van der Waals surface area contributed by atoms with Gasteiger partial charge < -0.3 is 5.32 Å². The Bertz CT molecular complexity index is 522. The van der Waals surface area contributed by atoms with Crippen molar-refractivity contribution in [3.05, 3.63) is 51.7 Å². The van der Waals surface area contributed by atoms with Crippen molar-refractivity contribution in [2.24, 2.45) is 0 Å². The summed E-state index contributed by atoms with van der Waals surface area (Å²) in [4.78, 5) is 4.62. The largest absolute Gasteiger partial charge is 0.307 e. The van der Waals surface area contributed by atoms with Crippen LogP contribution in [0.2, 0.25) is 0 Å². The molecule has 1 aromatic heterocycles. The number of halogens is 1. The van der Waals surface area contributed by atoms with Crippen LogP contribution in [0.15, 0.2) is 29.6 Å². The van der Waals surface area contributed by atoms with Gasteiger partial charge in [0.2, 0.25) is 0 Å². The Hall–Kier alpha value is -1.26. The minimum Gasteiger partial charge on any atom is -0.307 e. The van der Waals surface area contributed by atoms with Crippen molar-refractivity contribution in [3.8, 4) is 0 Å². The molecule has 1 atom stereocenters. The Labute approximate surface area is 111 Å². The summed E-state index contributed by atoms with van der Waals surface area (Å²) in [6.07, 6.45) is 0. The monoisotopic (exact) mass is 264 g/mol. The number of benzene rings is 1. The first kappa shape index (κ1) is 13.2. The van der Waals surface area contributed by atoms with E-state index in [-0.39, 0.29) is 11.9 Å². The zero-order chi connectivity index (χ0) is 13.1. The van der Waals surface area contributed by atoms with Crippen LogP contribution in [-0.2, 0) is 0 Å². The average Bonchev–Trinajstić information content (AvgIpc) is 2.80. The van der Waals surface area contributed by atoms with E-state index < -0.39 is 0 Å². The summed E-state index contributed by atoms with van der Waals surface area (Å²) in [7, 11) is 1.87. The number of nitrogens with one attached hydrogen (secondary N) is 1. The first-order valence-electron chi connectivity index (χ1n) is 6.00. The minimum atomic E-state index is -0.214. The van der Waals surface area contributed by atoms with Crippen LogP contribution in [0, 0.1) is 5.82 Å². The maximum atomic E-state index is 13.3. The lowest BCUT2D eigenvalue weighted by Gasteiger charge is -2.14. The molecule has 0 aliphatic heterocycles. The molecule has 1 unspecified atom stereocenters. The highest BCUT2D eigenvalue weighted by Crippen LogP contribution is 2.27. The Balaban J connectivity index is 2.33. The number of nitrogens with zero attached hydrogens (tertiary/aromatic N) is 1. The Morgan fingerprint density at radius 2 is 2.11 bits per heavy atom. The average molecular weight is 264 g/mol. The van der Waals surface area contributed by atoms with Gasteiger partial charge in [-0.15, -0.1) is 11.3 Å². The molecule has 0 bridgehead atoms. The highest BCUT2D eigenvalue weighted by Gasteiger charge is 2.17. The number of rotatable bonds is 4. The molecule has 2 nitrogen and oxygen atoms in total. The van der Waals surface area contributed by atoms with Crippen LogP contribution in [0.3, 0.4) is 0 Å².